The van der Waals surface area contributed by atoms with Gasteiger partial charge in [0.2, 0.25) is 5.91 Å². The van der Waals surface area contributed by atoms with E-state index in [1.807, 2.05) is 27.7 Å². The number of aromatic nitrogens is 2. The van der Waals surface area contributed by atoms with E-state index in [0.29, 0.717) is 18.1 Å². The number of rotatable bonds is 10. The standard InChI is InChI=1S/C28H40FN7O3/c1-15(2)24(30)35-27(38)16(3)11-21-9-7-18(5)36(21)26-19(6)25(31-14-32-26)34-23-10-8-20(12-22(23)29)28(39)33-17(4)13-37/h8,10,12,14-18,21,37H,7,9,11,13H2,1-6H3,(H,33,39)(H2,30,35,38)(H,31,32,34). The summed E-state index contributed by atoms with van der Waals surface area (Å²) < 4.78 is 14.9. The minimum atomic E-state index is -0.611. The summed E-state index contributed by atoms with van der Waals surface area (Å²) in [6, 6.07) is 3.96. The number of benzene rings is 1. The lowest BCUT2D eigenvalue weighted by atomic mass is 9.99. The molecule has 2 amide bonds. The van der Waals surface area contributed by atoms with Gasteiger partial charge in [-0.05, 0) is 58.2 Å². The number of amides is 2. The molecule has 1 aromatic carbocycles. The van der Waals surface area contributed by atoms with Crippen LogP contribution in [0.1, 0.15) is 69.8 Å². The molecule has 1 aromatic heterocycles. The van der Waals surface area contributed by atoms with Crippen LogP contribution in [0.5, 0.6) is 0 Å². The molecule has 212 valence electrons. The van der Waals surface area contributed by atoms with Crippen LogP contribution in [-0.2, 0) is 4.79 Å². The average Bonchev–Trinajstić information content (AvgIpc) is 3.25. The maximum absolute atomic E-state index is 14.9. The Morgan fingerprint density at radius 3 is 2.59 bits per heavy atom. The number of hydrogen-bond donors (Lipinski definition) is 4. The monoisotopic (exact) mass is 541 g/mol. The molecule has 0 spiro atoms. The Morgan fingerprint density at radius 2 is 1.95 bits per heavy atom. The smallest absolute Gasteiger partial charge is 0.251 e. The van der Waals surface area contributed by atoms with Crippen molar-refractivity contribution in [2.45, 2.75) is 78.9 Å². The Hall–Kier alpha value is -3.60. The lowest BCUT2D eigenvalue weighted by Crippen LogP contribution is -2.38. The van der Waals surface area contributed by atoms with Gasteiger partial charge in [-0.3, -0.25) is 9.59 Å². The molecular weight excluding hydrogens is 501 g/mol. The summed E-state index contributed by atoms with van der Waals surface area (Å²) in [6.07, 6.45) is 3.89. The molecule has 4 unspecified atom stereocenters. The number of nitrogens with zero attached hydrogens (tertiary/aromatic N) is 4. The summed E-state index contributed by atoms with van der Waals surface area (Å²) in [5.41, 5.74) is 6.96. The minimum absolute atomic E-state index is 0.00639. The highest BCUT2D eigenvalue weighted by Crippen LogP contribution is 2.36. The Kier molecular flexibility index (Phi) is 9.96. The van der Waals surface area contributed by atoms with E-state index in [1.165, 1.54) is 18.5 Å². The third kappa shape index (κ3) is 7.29. The summed E-state index contributed by atoms with van der Waals surface area (Å²) in [6.45, 7) is 11.1. The van der Waals surface area contributed by atoms with Gasteiger partial charge in [-0.2, -0.15) is 0 Å². The van der Waals surface area contributed by atoms with Crippen molar-refractivity contribution >= 4 is 35.0 Å². The van der Waals surface area contributed by atoms with Crippen molar-refractivity contribution in [2.75, 3.05) is 16.8 Å². The van der Waals surface area contributed by atoms with Crippen LogP contribution in [0, 0.1) is 24.6 Å². The molecule has 2 heterocycles. The van der Waals surface area contributed by atoms with Crippen LogP contribution in [-0.4, -0.2) is 57.5 Å². The molecular formula is C28H40FN7O3. The van der Waals surface area contributed by atoms with E-state index in [4.69, 9.17) is 10.8 Å². The second kappa shape index (κ2) is 13.0. The van der Waals surface area contributed by atoms with Crippen molar-refractivity contribution in [3.8, 4) is 0 Å². The second-order valence-electron chi connectivity index (χ2n) is 10.7. The Labute approximate surface area is 229 Å². The van der Waals surface area contributed by atoms with Crippen LogP contribution >= 0.6 is 0 Å². The highest BCUT2D eigenvalue weighted by atomic mass is 19.1. The van der Waals surface area contributed by atoms with Gasteiger partial charge in [0.15, 0.2) is 0 Å². The fraction of sp³-hybridized carbons (Fsp3) is 0.536. The van der Waals surface area contributed by atoms with Gasteiger partial charge in [0.05, 0.1) is 12.3 Å². The maximum Gasteiger partial charge on any atom is 0.251 e. The second-order valence-corrected chi connectivity index (χ2v) is 10.7. The number of halogens is 1. The molecule has 1 saturated heterocycles. The number of nitrogens with two attached hydrogens (primary N) is 1. The van der Waals surface area contributed by atoms with Gasteiger partial charge < -0.3 is 26.4 Å². The molecule has 5 N–H and O–H groups in total. The number of aliphatic imine (C=N–C) groups is 1. The Bertz CT molecular complexity index is 1220. The van der Waals surface area contributed by atoms with E-state index in [1.54, 1.807) is 6.92 Å². The molecule has 0 aliphatic carbocycles. The van der Waals surface area contributed by atoms with Crippen LogP contribution in [0.2, 0.25) is 0 Å². The van der Waals surface area contributed by atoms with E-state index in [9.17, 15) is 14.0 Å². The number of nitrogens with one attached hydrogen (secondary N) is 2. The van der Waals surface area contributed by atoms with Gasteiger partial charge in [-0.15, -0.1) is 0 Å². The predicted molar refractivity (Wildman–Crippen MR) is 151 cm³/mol. The van der Waals surface area contributed by atoms with Crippen molar-refractivity contribution in [3.05, 3.63) is 41.5 Å². The lowest BCUT2D eigenvalue weighted by molar-refractivity contribution is -0.121. The molecule has 1 aliphatic heterocycles. The van der Waals surface area contributed by atoms with Gasteiger partial charge in [-0.25, -0.2) is 19.4 Å². The molecule has 10 nitrogen and oxygen atoms in total. The number of aliphatic hydroxyl groups is 1. The van der Waals surface area contributed by atoms with Crippen molar-refractivity contribution in [1.82, 2.24) is 15.3 Å². The van der Waals surface area contributed by atoms with E-state index < -0.39 is 17.8 Å². The largest absolute Gasteiger partial charge is 0.394 e. The first kappa shape index (κ1) is 29.9. The van der Waals surface area contributed by atoms with Crippen LogP contribution in [0.25, 0.3) is 0 Å². The third-order valence-electron chi connectivity index (χ3n) is 7.10. The van der Waals surface area contributed by atoms with E-state index >= 15 is 0 Å². The molecule has 39 heavy (non-hydrogen) atoms. The lowest BCUT2D eigenvalue weighted by Gasteiger charge is -2.32. The van der Waals surface area contributed by atoms with Crippen LogP contribution in [0.4, 0.5) is 21.7 Å². The zero-order valence-electron chi connectivity index (χ0n) is 23.5. The van der Waals surface area contributed by atoms with Gasteiger partial charge >= 0.3 is 0 Å². The SMILES string of the molecule is Cc1c(Nc2ccc(C(=O)NC(C)CO)cc2F)ncnc1N1C(C)CCC1CC(C)C(=O)N=C(N)C(C)C. The van der Waals surface area contributed by atoms with Crippen molar-refractivity contribution in [2.24, 2.45) is 22.6 Å². The third-order valence-corrected chi connectivity index (χ3v) is 7.10. The molecule has 3 rings (SSSR count). The number of carbonyl (C=O) groups excluding carboxylic acids is 2. The topological polar surface area (TPSA) is 146 Å². The fourth-order valence-corrected chi connectivity index (χ4v) is 4.63. The zero-order valence-corrected chi connectivity index (χ0v) is 23.5. The molecule has 1 aliphatic rings. The Morgan fingerprint density at radius 1 is 1.23 bits per heavy atom. The van der Waals surface area contributed by atoms with Crippen molar-refractivity contribution in [3.63, 3.8) is 0 Å². The first-order valence-electron chi connectivity index (χ1n) is 13.4. The van der Waals surface area contributed by atoms with Crippen LogP contribution in [0.15, 0.2) is 29.5 Å². The van der Waals surface area contributed by atoms with E-state index in [2.05, 4.69) is 37.4 Å². The average molecular weight is 542 g/mol. The van der Waals surface area contributed by atoms with Gasteiger partial charge in [0.25, 0.3) is 5.91 Å². The summed E-state index contributed by atoms with van der Waals surface area (Å²) in [5, 5.41) is 14.8. The number of aliphatic hydroxyl groups excluding tert-OH is 1. The quantitative estimate of drug-likeness (QED) is 0.263. The maximum atomic E-state index is 14.9. The summed E-state index contributed by atoms with van der Waals surface area (Å²) in [4.78, 5) is 40.1. The summed E-state index contributed by atoms with van der Waals surface area (Å²) in [7, 11) is 0. The number of anilines is 3. The first-order valence-corrected chi connectivity index (χ1v) is 13.4. The van der Waals surface area contributed by atoms with Crippen molar-refractivity contribution < 1.29 is 19.1 Å². The summed E-state index contributed by atoms with van der Waals surface area (Å²) in [5.74, 6) is -0.0889. The van der Waals surface area contributed by atoms with Gasteiger partial charge in [0, 0.05) is 41.1 Å². The molecule has 0 bridgehead atoms. The van der Waals surface area contributed by atoms with E-state index in [-0.39, 0.29) is 47.7 Å². The first-order chi connectivity index (χ1) is 18.4. The molecule has 1 fully saturated rings. The molecule has 4 atom stereocenters. The minimum Gasteiger partial charge on any atom is -0.394 e. The summed E-state index contributed by atoms with van der Waals surface area (Å²) >= 11 is 0. The number of hydrogen-bond acceptors (Lipinski definition) is 7. The molecule has 2 aromatic rings. The fourth-order valence-electron chi connectivity index (χ4n) is 4.63. The predicted octanol–water partition coefficient (Wildman–Crippen LogP) is 3.70. The van der Waals surface area contributed by atoms with Crippen molar-refractivity contribution in [1.29, 1.82) is 0 Å². The molecule has 11 heteroatoms. The molecule has 0 saturated carbocycles. The highest BCUT2D eigenvalue weighted by molar-refractivity contribution is 5.95. The molecule has 0 radical (unpaired) electrons. The number of amidine groups is 1. The van der Waals surface area contributed by atoms with E-state index in [0.717, 1.165) is 30.3 Å². The highest BCUT2D eigenvalue weighted by Gasteiger charge is 2.35. The zero-order chi connectivity index (χ0) is 28.9. The Balaban J connectivity index is 1.80. The van der Waals surface area contributed by atoms with Gasteiger partial charge in [0.1, 0.15) is 29.6 Å². The normalized spacial score (nSPS) is 19.2. The van der Waals surface area contributed by atoms with Crippen LogP contribution in [0.3, 0.4) is 0 Å². The van der Waals surface area contributed by atoms with Crippen LogP contribution < -0.4 is 21.3 Å². The van der Waals surface area contributed by atoms with Gasteiger partial charge in [-0.1, -0.05) is 20.8 Å². The number of carbonyl (C=O) groups is 2.